The Kier molecular flexibility index (Phi) is 3.27. The predicted molar refractivity (Wildman–Crippen MR) is 97.4 cm³/mol. The molecule has 132 valence electrons. The van der Waals surface area contributed by atoms with Crippen molar-refractivity contribution in [2.45, 2.75) is 13.8 Å². The molecule has 0 saturated carbocycles. The molecule has 0 radical (unpaired) electrons. The highest BCUT2D eigenvalue weighted by Crippen LogP contribution is 2.24. The van der Waals surface area contributed by atoms with Gasteiger partial charge in [-0.2, -0.15) is 9.61 Å². The van der Waals surface area contributed by atoms with E-state index in [4.69, 9.17) is 0 Å². The Hall–Kier alpha value is -3.23. The largest absolute Gasteiger partial charge is 0.368 e. The van der Waals surface area contributed by atoms with Gasteiger partial charge in [-0.3, -0.25) is 0 Å². The molecule has 0 spiro atoms. The molecule has 0 bridgehead atoms. The minimum absolute atomic E-state index is 0.556. The Bertz CT molecular complexity index is 1090. The topological polar surface area (TPSA) is 88.5 Å². The predicted octanol–water partition coefficient (Wildman–Crippen LogP) is 1.33. The van der Waals surface area contributed by atoms with Crippen LogP contribution in [0.25, 0.3) is 11.2 Å². The maximum absolute atomic E-state index is 4.63. The third kappa shape index (κ3) is 2.43. The van der Waals surface area contributed by atoms with Crippen LogP contribution in [0.15, 0.2) is 30.6 Å². The zero-order valence-corrected chi connectivity index (χ0v) is 14.7. The summed E-state index contributed by atoms with van der Waals surface area (Å²) < 4.78 is 3.64. The van der Waals surface area contributed by atoms with Gasteiger partial charge < -0.3 is 10.2 Å². The van der Waals surface area contributed by atoms with Gasteiger partial charge in [0, 0.05) is 37.9 Å². The molecule has 5 heterocycles. The molecule has 9 nitrogen and oxygen atoms in total. The van der Waals surface area contributed by atoms with Gasteiger partial charge in [0.05, 0.1) is 5.69 Å². The van der Waals surface area contributed by atoms with Crippen LogP contribution < -0.4 is 10.2 Å². The highest BCUT2D eigenvalue weighted by atomic mass is 15.4. The lowest BCUT2D eigenvalue weighted by atomic mass is 10.0. The third-order valence-corrected chi connectivity index (χ3v) is 4.76. The van der Waals surface area contributed by atoms with Crippen LogP contribution in [-0.2, 0) is 0 Å². The lowest BCUT2D eigenvalue weighted by Gasteiger charge is -2.40. The van der Waals surface area contributed by atoms with E-state index in [0.717, 1.165) is 54.0 Å². The van der Waals surface area contributed by atoms with Crippen LogP contribution in [0.3, 0.4) is 0 Å². The summed E-state index contributed by atoms with van der Waals surface area (Å²) in [6.07, 6.45) is 3.64. The smallest absolute Gasteiger partial charge is 0.178 e. The molecule has 0 unspecified atom stereocenters. The monoisotopic (exact) mass is 349 g/mol. The number of nitrogens with zero attached hydrogens (tertiary/aromatic N) is 8. The Morgan fingerprint density at radius 1 is 1.15 bits per heavy atom. The highest BCUT2D eigenvalue weighted by Gasteiger charge is 2.28. The van der Waals surface area contributed by atoms with Gasteiger partial charge in [-0.15, -0.1) is 15.3 Å². The second kappa shape index (κ2) is 5.65. The number of nitrogens with one attached hydrogen (secondary N) is 1. The third-order valence-electron chi connectivity index (χ3n) is 4.76. The number of fused-ring (bicyclic) bond motifs is 2. The van der Waals surface area contributed by atoms with Crippen LogP contribution in [0.2, 0.25) is 0 Å². The Morgan fingerprint density at radius 3 is 2.92 bits per heavy atom. The summed E-state index contributed by atoms with van der Waals surface area (Å²) in [4.78, 5) is 6.72. The maximum atomic E-state index is 4.63. The minimum Gasteiger partial charge on any atom is -0.368 e. The zero-order chi connectivity index (χ0) is 17.7. The van der Waals surface area contributed by atoms with Crippen molar-refractivity contribution >= 4 is 22.8 Å². The summed E-state index contributed by atoms with van der Waals surface area (Å²) in [5.74, 6) is 3.20. The van der Waals surface area contributed by atoms with Crippen LogP contribution in [0.4, 0.5) is 11.6 Å². The van der Waals surface area contributed by atoms with Crippen LogP contribution in [0.5, 0.6) is 0 Å². The molecule has 0 atom stereocenters. The van der Waals surface area contributed by atoms with Crippen molar-refractivity contribution in [1.29, 1.82) is 0 Å². The van der Waals surface area contributed by atoms with E-state index in [1.807, 2.05) is 42.8 Å². The van der Waals surface area contributed by atoms with E-state index in [0.29, 0.717) is 5.92 Å². The summed E-state index contributed by atoms with van der Waals surface area (Å²) in [6.45, 7) is 6.71. The number of anilines is 2. The average molecular weight is 349 g/mol. The van der Waals surface area contributed by atoms with Gasteiger partial charge in [0.1, 0.15) is 11.3 Å². The van der Waals surface area contributed by atoms with Crippen LogP contribution in [0.1, 0.15) is 11.5 Å². The molecule has 1 aliphatic rings. The SMILES string of the molecule is Cc1cc2c(NCC3CN(c4ccc5nnc(C)n5n4)C3)nccn2n1. The molecular formula is C17H19N9. The highest BCUT2D eigenvalue weighted by molar-refractivity contribution is 5.67. The average Bonchev–Trinajstić information content (AvgIpc) is 3.16. The molecule has 4 aromatic heterocycles. The summed E-state index contributed by atoms with van der Waals surface area (Å²) >= 11 is 0. The van der Waals surface area contributed by atoms with Gasteiger partial charge in [0.15, 0.2) is 17.3 Å². The molecule has 1 N–H and O–H groups in total. The van der Waals surface area contributed by atoms with Crippen molar-refractivity contribution in [1.82, 2.24) is 34.4 Å². The fourth-order valence-electron chi connectivity index (χ4n) is 3.36. The van der Waals surface area contributed by atoms with E-state index >= 15 is 0 Å². The van der Waals surface area contributed by atoms with Crippen molar-refractivity contribution in [2.75, 3.05) is 29.9 Å². The summed E-state index contributed by atoms with van der Waals surface area (Å²) in [7, 11) is 0. The number of aryl methyl sites for hydroxylation is 2. The van der Waals surface area contributed by atoms with Crippen molar-refractivity contribution < 1.29 is 0 Å². The first-order valence-electron chi connectivity index (χ1n) is 8.66. The summed E-state index contributed by atoms with van der Waals surface area (Å²) in [5.41, 5.74) is 2.78. The molecule has 1 saturated heterocycles. The van der Waals surface area contributed by atoms with Crippen LogP contribution in [0, 0.1) is 19.8 Å². The molecule has 0 aliphatic carbocycles. The molecule has 0 amide bonds. The van der Waals surface area contributed by atoms with E-state index in [2.05, 4.69) is 35.6 Å². The zero-order valence-electron chi connectivity index (χ0n) is 14.7. The van der Waals surface area contributed by atoms with Crippen LogP contribution in [-0.4, -0.2) is 54.0 Å². The number of aromatic nitrogens is 7. The lowest BCUT2D eigenvalue weighted by molar-refractivity contribution is 0.424. The van der Waals surface area contributed by atoms with E-state index in [9.17, 15) is 0 Å². The summed E-state index contributed by atoms with van der Waals surface area (Å²) in [5, 5.41) is 20.6. The molecule has 9 heteroatoms. The fourth-order valence-corrected chi connectivity index (χ4v) is 3.36. The fraction of sp³-hybridized carbons (Fsp3) is 0.353. The molecule has 4 aromatic rings. The van der Waals surface area contributed by atoms with E-state index in [1.54, 1.807) is 10.7 Å². The van der Waals surface area contributed by atoms with Crippen molar-refractivity contribution in [3.63, 3.8) is 0 Å². The molecule has 1 aliphatic heterocycles. The Morgan fingerprint density at radius 2 is 2.04 bits per heavy atom. The second-order valence-electron chi connectivity index (χ2n) is 6.75. The van der Waals surface area contributed by atoms with Gasteiger partial charge in [-0.05, 0) is 32.0 Å². The maximum Gasteiger partial charge on any atom is 0.178 e. The number of rotatable bonds is 4. The first-order valence-corrected chi connectivity index (χ1v) is 8.66. The Balaban J connectivity index is 1.24. The number of hydrogen-bond donors (Lipinski definition) is 1. The first-order chi connectivity index (χ1) is 12.7. The molecular weight excluding hydrogens is 330 g/mol. The number of hydrogen-bond acceptors (Lipinski definition) is 7. The molecule has 0 aromatic carbocycles. The van der Waals surface area contributed by atoms with Crippen molar-refractivity contribution in [3.8, 4) is 0 Å². The van der Waals surface area contributed by atoms with E-state index < -0.39 is 0 Å². The molecule has 5 rings (SSSR count). The molecule has 1 fully saturated rings. The van der Waals surface area contributed by atoms with Crippen molar-refractivity contribution in [2.24, 2.45) is 5.92 Å². The Labute approximate surface area is 149 Å². The van der Waals surface area contributed by atoms with Crippen LogP contribution >= 0.6 is 0 Å². The second-order valence-corrected chi connectivity index (χ2v) is 6.75. The first kappa shape index (κ1) is 15.1. The quantitative estimate of drug-likeness (QED) is 0.594. The molecule has 26 heavy (non-hydrogen) atoms. The summed E-state index contributed by atoms with van der Waals surface area (Å²) in [6, 6.07) is 6.01. The van der Waals surface area contributed by atoms with Gasteiger partial charge in [0.25, 0.3) is 0 Å². The lowest BCUT2D eigenvalue weighted by Crippen LogP contribution is -2.50. The van der Waals surface area contributed by atoms with E-state index in [-0.39, 0.29) is 0 Å². The minimum atomic E-state index is 0.556. The van der Waals surface area contributed by atoms with Gasteiger partial charge in [-0.1, -0.05) is 0 Å². The van der Waals surface area contributed by atoms with Gasteiger partial charge in [0.2, 0.25) is 0 Å². The van der Waals surface area contributed by atoms with E-state index in [1.165, 1.54) is 0 Å². The van der Waals surface area contributed by atoms with Crippen molar-refractivity contribution in [3.05, 3.63) is 42.1 Å². The normalized spacial score (nSPS) is 14.9. The van der Waals surface area contributed by atoms with Gasteiger partial charge >= 0.3 is 0 Å². The standard InChI is InChI=1S/C17H19N9/c1-11-7-14-17(18-5-6-25(14)22-11)19-8-13-9-24(10-13)16-4-3-15-21-20-12(2)26(15)23-16/h3-7,13H,8-10H2,1-2H3,(H,18,19). The van der Waals surface area contributed by atoms with Gasteiger partial charge in [-0.25, -0.2) is 9.50 Å².